The standard InChI is InChI=1S/C20H22ClN5O3S/c1-15-19(16-3-5-17(21)6-4-16)30(28,29)23-20(15)26-9-2-8-25(11-12-26)18(27)13-24-10-7-22-14-24/h3-7,10,14H,2,8-9,11-13H2,1H3. The number of nitrogens with zero attached hydrogens (tertiary/aromatic N) is 5. The molecule has 4 rings (SSSR count). The van der Waals surface area contributed by atoms with Crippen LogP contribution in [0.3, 0.4) is 0 Å². The zero-order valence-electron chi connectivity index (χ0n) is 16.5. The molecule has 1 aromatic carbocycles. The molecule has 1 amide bonds. The molecule has 0 radical (unpaired) electrons. The van der Waals surface area contributed by atoms with Gasteiger partial charge in [-0.25, -0.2) is 4.98 Å². The topological polar surface area (TPSA) is 87.9 Å². The van der Waals surface area contributed by atoms with Gasteiger partial charge in [-0.15, -0.1) is 4.40 Å². The van der Waals surface area contributed by atoms with E-state index in [1.54, 1.807) is 54.5 Å². The Morgan fingerprint density at radius 1 is 1.13 bits per heavy atom. The zero-order chi connectivity index (χ0) is 21.3. The van der Waals surface area contributed by atoms with E-state index in [-0.39, 0.29) is 17.4 Å². The van der Waals surface area contributed by atoms with Crippen LogP contribution < -0.4 is 0 Å². The van der Waals surface area contributed by atoms with Gasteiger partial charge >= 0.3 is 0 Å². The maximum Gasteiger partial charge on any atom is 0.285 e. The number of amidine groups is 1. The summed E-state index contributed by atoms with van der Waals surface area (Å²) in [6.07, 6.45) is 5.75. The summed E-state index contributed by atoms with van der Waals surface area (Å²) in [5.74, 6) is 0.480. The number of rotatable bonds is 3. The van der Waals surface area contributed by atoms with Crippen LogP contribution in [0, 0.1) is 0 Å². The average molecular weight is 448 g/mol. The maximum atomic E-state index is 12.8. The molecule has 3 heterocycles. The Bertz CT molecular complexity index is 1110. The van der Waals surface area contributed by atoms with Crippen LogP contribution in [0.25, 0.3) is 4.91 Å². The molecule has 0 N–H and O–H groups in total. The summed E-state index contributed by atoms with van der Waals surface area (Å²) in [7, 11) is -3.78. The number of benzene rings is 1. The van der Waals surface area contributed by atoms with Crippen molar-refractivity contribution in [1.29, 1.82) is 0 Å². The number of halogens is 1. The zero-order valence-corrected chi connectivity index (χ0v) is 18.1. The third-order valence-electron chi connectivity index (χ3n) is 5.27. The number of imidazole rings is 1. The number of aromatic nitrogens is 2. The van der Waals surface area contributed by atoms with Crippen LogP contribution in [0.5, 0.6) is 0 Å². The number of carbonyl (C=O) groups excluding carboxylic acids is 1. The van der Waals surface area contributed by atoms with Gasteiger partial charge in [0.15, 0.2) is 0 Å². The van der Waals surface area contributed by atoms with E-state index in [1.807, 2.05) is 9.80 Å². The third kappa shape index (κ3) is 4.13. The Morgan fingerprint density at radius 2 is 1.90 bits per heavy atom. The minimum absolute atomic E-state index is 0.0185. The lowest BCUT2D eigenvalue weighted by molar-refractivity contribution is -0.131. The normalized spacial score (nSPS) is 19.1. The SMILES string of the molecule is CC1=C(c2ccc(Cl)cc2)S(=O)(=O)N=C1N1CCCN(C(=O)Cn2ccnc2)CC1. The number of carbonyl (C=O) groups is 1. The molecule has 0 unspecified atom stereocenters. The highest BCUT2D eigenvalue weighted by Crippen LogP contribution is 2.34. The molecule has 8 nitrogen and oxygen atoms in total. The van der Waals surface area contributed by atoms with Gasteiger partial charge in [0.1, 0.15) is 17.3 Å². The summed E-state index contributed by atoms with van der Waals surface area (Å²) in [4.78, 5) is 20.5. The van der Waals surface area contributed by atoms with Crippen molar-refractivity contribution in [2.24, 2.45) is 4.40 Å². The average Bonchev–Trinajstić information content (AvgIpc) is 3.19. The largest absolute Gasteiger partial charge is 0.354 e. The van der Waals surface area contributed by atoms with Crippen LogP contribution >= 0.6 is 11.6 Å². The fourth-order valence-electron chi connectivity index (χ4n) is 3.80. The summed E-state index contributed by atoms with van der Waals surface area (Å²) >= 11 is 5.94. The molecule has 158 valence electrons. The Labute approximate surface area is 180 Å². The molecule has 2 aliphatic rings. The second kappa shape index (κ2) is 8.23. The molecule has 1 fully saturated rings. The van der Waals surface area contributed by atoms with Crippen molar-refractivity contribution in [3.63, 3.8) is 0 Å². The van der Waals surface area contributed by atoms with E-state index in [0.717, 1.165) is 6.42 Å². The van der Waals surface area contributed by atoms with Crippen molar-refractivity contribution in [3.05, 3.63) is 59.1 Å². The molecular weight excluding hydrogens is 426 g/mol. The number of amides is 1. The van der Waals surface area contributed by atoms with Crippen LogP contribution in [-0.2, 0) is 21.4 Å². The molecule has 0 atom stereocenters. The Hall–Kier alpha value is -2.65. The first-order valence-corrected chi connectivity index (χ1v) is 11.5. The van der Waals surface area contributed by atoms with Gasteiger partial charge in [-0.1, -0.05) is 23.7 Å². The predicted molar refractivity (Wildman–Crippen MR) is 115 cm³/mol. The summed E-state index contributed by atoms with van der Waals surface area (Å²) in [5.41, 5.74) is 1.19. The van der Waals surface area contributed by atoms with Crippen molar-refractivity contribution in [1.82, 2.24) is 19.4 Å². The van der Waals surface area contributed by atoms with E-state index in [0.29, 0.717) is 48.2 Å². The highest BCUT2D eigenvalue weighted by Gasteiger charge is 2.34. The van der Waals surface area contributed by atoms with Gasteiger partial charge in [0, 0.05) is 49.2 Å². The first-order valence-electron chi connectivity index (χ1n) is 9.66. The van der Waals surface area contributed by atoms with Crippen molar-refractivity contribution in [3.8, 4) is 0 Å². The fourth-order valence-corrected chi connectivity index (χ4v) is 5.41. The molecule has 0 bridgehead atoms. The van der Waals surface area contributed by atoms with Gasteiger partial charge in [-0.2, -0.15) is 8.42 Å². The highest BCUT2D eigenvalue weighted by atomic mass is 35.5. The smallest absolute Gasteiger partial charge is 0.285 e. The van der Waals surface area contributed by atoms with Crippen LogP contribution in [0.4, 0.5) is 0 Å². The van der Waals surface area contributed by atoms with Crippen molar-refractivity contribution in [2.75, 3.05) is 26.2 Å². The molecule has 2 aromatic rings. The summed E-state index contributed by atoms with van der Waals surface area (Å²) in [6, 6.07) is 6.72. The van der Waals surface area contributed by atoms with Crippen molar-refractivity contribution in [2.45, 2.75) is 19.9 Å². The van der Waals surface area contributed by atoms with E-state index in [1.165, 1.54) is 0 Å². The Morgan fingerprint density at radius 3 is 2.60 bits per heavy atom. The first kappa shape index (κ1) is 20.6. The van der Waals surface area contributed by atoms with E-state index >= 15 is 0 Å². The van der Waals surface area contributed by atoms with E-state index in [2.05, 4.69) is 9.38 Å². The molecule has 30 heavy (non-hydrogen) atoms. The lowest BCUT2D eigenvalue weighted by atomic mass is 10.1. The number of hydrogen-bond donors (Lipinski definition) is 0. The Kier molecular flexibility index (Phi) is 5.66. The summed E-state index contributed by atoms with van der Waals surface area (Å²) < 4.78 is 31.3. The molecule has 1 saturated heterocycles. The van der Waals surface area contributed by atoms with Gasteiger partial charge in [-0.05, 0) is 31.0 Å². The molecular formula is C20H22ClN5O3S. The predicted octanol–water partition coefficient (Wildman–Crippen LogP) is 2.24. The number of hydrogen-bond acceptors (Lipinski definition) is 5. The van der Waals surface area contributed by atoms with Gasteiger partial charge in [0.05, 0.1) is 6.33 Å². The fraction of sp³-hybridized carbons (Fsp3) is 0.350. The maximum absolute atomic E-state index is 12.8. The first-order chi connectivity index (χ1) is 14.3. The lowest BCUT2D eigenvalue weighted by Gasteiger charge is -2.24. The van der Waals surface area contributed by atoms with Gasteiger partial charge in [-0.3, -0.25) is 4.79 Å². The third-order valence-corrected chi connectivity index (χ3v) is 7.00. The monoisotopic (exact) mass is 447 g/mol. The second-order valence-corrected chi connectivity index (χ2v) is 9.28. The van der Waals surface area contributed by atoms with Crippen LogP contribution in [-0.4, -0.2) is 65.7 Å². The van der Waals surface area contributed by atoms with Crippen LogP contribution in [0.15, 0.2) is 53.0 Å². The quantitative estimate of drug-likeness (QED) is 0.720. The minimum Gasteiger partial charge on any atom is -0.354 e. The van der Waals surface area contributed by atoms with Gasteiger partial charge in [0.2, 0.25) is 5.91 Å². The molecule has 1 aromatic heterocycles. The van der Waals surface area contributed by atoms with Crippen LogP contribution in [0.2, 0.25) is 5.02 Å². The summed E-state index contributed by atoms with van der Waals surface area (Å²) in [5, 5.41) is 0.543. The number of sulfonamides is 1. The summed E-state index contributed by atoms with van der Waals surface area (Å²) in [6.45, 7) is 4.31. The van der Waals surface area contributed by atoms with E-state index in [4.69, 9.17) is 11.6 Å². The molecule has 0 spiro atoms. The van der Waals surface area contributed by atoms with Crippen molar-refractivity contribution < 1.29 is 13.2 Å². The molecule has 0 aliphatic carbocycles. The molecule has 2 aliphatic heterocycles. The lowest BCUT2D eigenvalue weighted by Crippen LogP contribution is -2.38. The van der Waals surface area contributed by atoms with E-state index < -0.39 is 10.0 Å². The van der Waals surface area contributed by atoms with Crippen molar-refractivity contribution >= 4 is 38.3 Å². The highest BCUT2D eigenvalue weighted by molar-refractivity contribution is 8.00. The molecule has 10 heteroatoms. The van der Waals surface area contributed by atoms with Gasteiger partial charge in [0.25, 0.3) is 10.0 Å². The van der Waals surface area contributed by atoms with E-state index in [9.17, 15) is 13.2 Å². The Balaban J connectivity index is 1.51. The second-order valence-electron chi connectivity index (χ2n) is 7.31. The van der Waals surface area contributed by atoms with Gasteiger partial charge < -0.3 is 14.4 Å². The molecule has 0 saturated carbocycles. The minimum atomic E-state index is -3.78. The van der Waals surface area contributed by atoms with Crippen LogP contribution in [0.1, 0.15) is 18.9 Å².